The molecule has 1 amide bonds. The molecule has 1 aromatic carbocycles. The molecule has 6 rings (SSSR count). The lowest BCUT2D eigenvalue weighted by Crippen LogP contribution is -2.63. The lowest BCUT2D eigenvalue weighted by molar-refractivity contribution is -0.168. The molecule has 0 aromatic heterocycles. The molecule has 0 saturated heterocycles. The number of carboxylic acids is 1. The second kappa shape index (κ2) is 7.71. The maximum absolute atomic E-state index is 13.2. The van der Waals surface area contributed by atoms with E-state index in [1.165, 1.54) is 17.4 Å². The van der Waals surface area contributed by atoms with Crippen LogP contribution in [-0.4, -0.2) is 48.8 Å². The predicted molar refractivity (Wildman–Crippen MR) is 118 cm³/mol. The van der Waals surface area contributed by atoms with Gasteiger partial charge < -0.3 is 10.4 Å². The lowest BCUT2D eigenvalue weighted by atomic mass is 9.48. The third-order valence-electron chi connectivity index (χ3n) is 8.57. The number of amides is 1. The van der Waals surface area contributed by atoms with Gasteiger partial charge in [0.15, 0.2) is 0 Å². The minimum Gasteiger partial charge on any atom is -0.481 e. The minimum absolute atomic E-state index is 0.00161. The monoisotopic (exact) mass is 480 g/mol. The van der Waals surface area contributed by atoms with Gasteiger partial charge in [-0.1, -0.05) is 23.7 Å². The van der Waals surface area contributed by atoms with E-state index < -0.39 is 33.4 Å². The minimum atomic E-state index is -3.81. The van der Waals surface area contributed by atoms with Crippen molar-refractivity contribution in [2.24, 2.45) is 29.1 Å². The van der Waals surface area contributed by atoms with Crippen molar-refractivity contribution >= 4 is 33.5 Å². The molecule has 174 valence electrons. The Morgan fingerprint density at radius 3 is 2.34 bits per heavy atom. The number of nitrogens with zero attached hydrogens (tertiary/aromatic N) is 1. The van der Waals surface area contributed by atoms with Crippen LogP contribution in [0.2, 0.25) is 5.02 Å². The third kappa shape index (κ3) is 3.37. The third-order valence-corrected chi connectivity index (χ3v) is 11.0. The van der Waals surface area contributed by atoms with Crippen molar-refractivity contribution in [2.45, 2.75) is 61.9 Å². The Kier molecular flexibility index (Phi) is 5.34. The van der Waals surface area contributed by atoms with Gasteiger partial charge in [-0.2, -0.15) is 4.31 Å². The van der Waals surface area contributed by atoms with E-state index in [1.54, 1.807) is 18.2 Å². The highest BCUT2D eigenvalue weighted by atomic mass is 35.5. The molecule has 0 spiro atoms. The number of benzene rings is 1. The Morgan fingerprint density at radius 2 is 1.78 bits per heavy atom. The Morgan fingerprint density at radius 1 is 1.12 bits per heavy atom. The zero-order valence-corrected chi connectivity index (χ0v) is 19.6. The van der Waals surface area contributed by atoms with E-state index >= 15 is 0 Å². The van der Waals surface area contributed by atoms with Crippen LogP contribution in [0.5, 0.6) is 0 Å². The molecular weight excluding hydrogens is 452 g/mol. The van der Waals surface area contributed by atoms with Gasteiger partial charge in [-0.25, -0.2) is 8.42 Å². The summed E-state index contributed by atoms with van der Waals surface area (Å²) in [7, 11) is -2.29. The van der Waals surface area contributed by atoms with Gasteiger partial charge in [-0.3, -0.25) is 9.59 Å². The van der Waals surface area contributed by atoms with E-state index in [0.29, 0.717) is 31.6 Å². The Hall–Kier alpha value is -1.64. The van der Waals surface area contributed by atoms with Gasteiger partial charge in [0.25, 0.3) is 0 Å². The molecule has 0 heterocycles. The van der Waals surface area contributed by atoms with E-state index in [4.69, 9.17) is 11.6 Å². The predicted octanol–water partition coefficient (Wildman–Crippen LogP) is 3.13. The highest BCUT2D eigenvalue weighted by Crippen LogP contribution is 2.60. The number of halogens is 1. The molecule has 5 aliphatic rings. The van der Waals surface area contributed by atoms with Crippen molar-refractivity contribution < 1.29 is 23.1 Å². The second-order valence-electron chi connectivity index (χ2n) is 10.3. The molecule has 7 nitrogen and oxygen atoms in total. The van der Waals surface area contributed by atoms with Crippen molar-refractivity contribution in [1.82, 2.24) is 9.62 Å². The van der Waals surface area contributed by atoms with Gasteiger partial charge in [0, 0.05) is 19.1 Å². The van der Waals surface area contributed by atoms with Crippen LogP contribution in [0.15, 0.2) is 29.2 Å². The van der Waals surface area contributed by atoms with Crippen LogP contribution >= 0.6 is 11.6 Å². The normalized spacial score (nSPS) is 37.8. The van der Waals surface area contributed by atoms with Crippen molar-refractivity contribution in [2.75, 3.05) is 7.05 Å². The van der Waals surface area contributed by atoms with E-state index in [1.807, 2.05) is 0 Å². The Bertz CT molecular complexity index is 1040. The number of hydrogen-bond acceptors (Lipinski definition) is 4. The van der Waals surface area contributed by atoms with Crippen LogP contribution in [-0.2, 0) is 19.6 Å². The largest absolute Gasteiger partial charge is 0.481 e. The van der Waals surface area contributed by atoms with Crippen molar-refractivity contribution in [3.63, 3.8) is 0 Å². The summed E-state index contributed by atoms with van der Waals surface area (Å²) < 4.78 is 27.5. The van der Waals surface area contributed by atoms with Gasteiger partial charge in [0.1, 0.15) is 4.90 Å². The first-order chi connectivity index (χ1) is 15.1. The van der Waals surface area contributed by atoms with E-state index in [9.17, 15) is 23.1 Å². The van der Waals surface area contributed by atoms with Crippen LogP contribution in [0.4, 0.5) is 0 Å². The summed E-state index contributed by atoms with van der Waals surface area (Å²) >= 11 is 6.12. The number of aliphatic carboxylic acids is 1. The molecule has 1 aromatic rings. The number of carboxylic acid groups (broad SMARTS) is 1. The molecule has 0 radical (unpaired) electrons. The maximum Gasteiger partial charge on any atom is 0.309 e. The standard InChI is InChI=1S/C23H29ClN2O5S/c1-26(32(30,31)19-5-3-2-4-17(19)24)18-7-6-16(18)21(27)25-20-14-8-13-9-15(20)12-23(10-13,11-14)22(28)29/h2-5,13-16,18,20H,6-12H2,1H3,(H,25,27)(H,28,29). The first-order valence-corrected chi connectivity index (χ1v) is 13.2. The second-order valence-corrected chi connectivity index (χ2v) is 12.7. The van der Waals surface area contributed by atoms with E-state index in [0.717, 1.165) is 19.3 Å². The quantitative estimate of drug-likeness (QED) is 0.651. The van der Waals surface area contributed by atoms with Gasteiger partial charge in [0.2, 0.25) is 15.9 Å². The summed E-state index contributed by atoms with van der Waals surface area (Å²) in [4.78, 5) is 25.2. The van der Waals surface area contributed by atoms with Gasteiger partial charge in [-0.15, -0.1) is 0 Å². The molecule has 0 aliphatic heterocycles. The first kappa shape index (κ1) is 22.2. The number of carbonyl (C=O) groups is 2. The molecule has 32 heavy (non-hydrogen) atoms. The zero-order valence-electron chi connectivity index (χ0n) is 18.0. The van der Waals surface area contributed by atoms with Crippen molar-refractivity contribution in [3.8, 4) is 0 Å². The molecule has 4 bridgehead atoms. The summed E-state index contributed by atoms with van der Waals surface area (Å²) in [5.41, 5.74) is -0.611. The van der Waals surface area contributed by atoms with Gasteiger partial charge in [-0.05, 0) is 74.8 Å². The SMILES string of the molecule is CN(C1CCC1C(=O)NC1C2CC3CC1CC(C(=O)O)(C3)C2)S(=O)(=O)c1ccccc1Cl. The Labute approximate surface area is 193 Å². The summed E-state index contributed by atoms with van der Waals surface area (Å²) in [6.45, 7) is 0. The molecular formula is C23H29ClN2O5S. The summed E-state index contributed by atoms with van der Waals surface area (Å²) in [6, 6.07) is 5.93. The summed E-state index contributed by atoms with van der Waals surface area (Å²) in [6.07, 6.45) is 5.26. The fourth-order valence-corrected chi connectivity index (χ4v) is 8.92. The topological polar surface area (TPSA) is 104 Å². The lowest BCUT2D eigenvalue weighted by Gasteiger charge is -2.58. The molecule has 5 aliphatic carbocycles. The number of carbonyl (C=O) groups excluding carboxylic acids is 1. The number of sulfonamides is 1. The van der Waals surface area contributed by atoms with E-state index in [2.05, 4.69) is 5.32 Å². The Balaban J connectivity index is 1.28. The maximum atomic E-state index is 13.2. The number of rotatable bonds is 6. The average Bonchev–Trinajstić information content (AvgIpc) is 2.69. The smallest absolute Gasteiger partial charge is 0.309 e. The zero-order chi connectivity index (χ0) is 22.8. The van der Waals surface area contributed by atoms with Crippen molar-refractivity contribution in [3.05, 3.63) is 29.3 Å². The highest BCUT2D eigenvalue weighted by molar-refractivity contribution is 7.89. The first-order valence-electron chi connectivity index (χ1n) is 11.4. The van der Waals surface area contributed by atoms with Crippen LogP contribution < -0.4 is 5.32 Å². The highest BCUT2D eigenvalue weighted by Gasteiger charge is 2.59. The molecule has 9 heteroatoms. The summed E-state index contributed by atoms with van der Waals surface area (Å²) in [5, 5.41) is 13.2. The number of nitrogens with one attached hydrogen (secondary N) is 1. The fourth-order valence-electron chi connectivity index (χ4n) is 7.00. The molecule has 5 saturated carbocycles. The van der Waals surface area contributed by atoms with Crippen LogP contribution in [0.25, 0.3) is 0 Å². The molecule has 5 fully saturated rings. The van der Waals surface area contributed by atoms with Crippen LogP contribution in [0, 0.1) is 29.1 Å². The number of hydrogen-bond donors (Lipinski definition) is 2. The molecule has 4 unspecified atom stereocenters. The van der Waals surface area contributed by atoms with Crippen molar-refractivity contribution in [1.29, 1.82) is 0 Å². The molecule has 2 N–H and O–H groups in total. The molecule has 4 atom stereocenters. The van der Waals surface area contributed by atoms with Gasteiger partial charge in [0.05, 0.1) is 16.4 Å². The van der Waals surface area contributed by atoms with Crippen LogP contribution in [0.3, 0.4) is 0 Å². The average molecular weight is 481 g/mol. The summed E-state index contributed by atoms with van der Waals surface area (Å²) in [5.74, 6) is -0.353. The van der Waals surface area contributed by atoms with Crippen LogP contribution in [0.1, 0.15) is 44.9 Å². The van der Waals surface area contributed by atoms with Gasteiger partial charge >= 0.3 is 5.97 Å². The fraction of sp³-hybridized carbons (Fsp3) is 0.652. The van der Waals surface area contributed by atoms with E-state index in [-0.39, 0.29) is 33.7 Å².